The number of aromatic amines is 1. The standard InChI is InChI=1S/C28H31N5O2/c1-2-32-14-16-33(17-15-32)27(34)26(18-21-19-29-24-12-6-5-11-23(21)24)31-28(35)30-25-13-7-9-20-8-3-4-10-22(20)25/h3-13,19,26,29H,2,14-18H2,1H3,(H2,30,31,35). The van der Waals surface area contributed by atoms with E-state index in [-0.39, 0.29) is 11.9 Å². The zero-order chi connectivity index (χ0) is 24.2. The van der Waals surface area contributed by atoms with Gasteiger partial charge in [0.25, 0.3) is 0 Å². The molecular formula is C28H31N5O2. The first-order chi connectivity index (χ1) is 17.1. The highest BCUT2D eigenvalue weighted by molar-refractivity contribution is 6.02. The van der Waals surface area contributed by atoms with Crippen LogP contribution in [-0.4, -0.2) is 65.5 Å². The molecule has 3 N–H and O–H groups in total. The summed E-state index contributed by atoms with van der Waals surface area (Å²) >= 11 is 0. The van der Waals surface area contributed by atoms with Crippen molar-refractivity contribution in [1.29, 1.82) is 0 Å². The van der Waals surface area contributed by atoms with Gasteiger partial charge >= 0.3 is 6.03 Å². The van der Waals surface area contributed by atoms with Gasteiger partial charge < -0.3 is 25.4 Å². The lowest BCUT2D eigenvalue weighted by Crippen LogP contribution is -2.56. The van der Waals surface area contributed by atoms with Crippen LogP contribution in [0.1, 0.15) is 12.5 Å². The summed E-state index contributed by atoms with van der Waals surface area (Å²) in [7, 11) is 0. The number of benzene rings is 3. The zero-order valence-electron chi connectivity index (χ0n) is 20.0. The predicted molar refractivity (Wildman–Crippen MR) is 141 cm³/mol. The molecule has 35 heavy (non-hydrogen) atoms. The molecule has 0 spiro atoms. The molecule has 1 aromatic heterocycles. The maximum atomic E-state index is 13.6. The van der Waals surface area contributed by atoms with Gasteiger partial charge in [-0.05, 0) is 29.6 Å². The van der Waals surface area contributed by atoms with Crippen molar-refractivity contribution in [2.24, 2.45) is 0 Å². The number of nitrogens with one attached hydrogen (secondary N) is 3. The second-order valence-electron chi connectivity index (χ2n) is 9.00. The lowest BCUT2D eigenvalue weighted by atomic mass is 10.0. The van der Waals surface area contributed by atoms with E-state index in [1.54, 1.807) is 0 Å². The van der Waals surface area contributed by atoms with Gasteiger partial charge in [0.2, 0.25) is 5.91 Å². The number of nitrogens with zero attached hydrogens (tertiary/aromatic N) is 2. The van der Waals surface area contributed by atoms with Gasteiger partial charge in [0, 0.05) is 55.1 Å². The van der Waals surface area contributed by atoms with E-state index in [1.165, 1.54) is 0 Å². The van der Waals surface area contributed by atoms with E-state index in [1.807, 2.05) is 77.8 Å². The zero-order valence-corrected chi connectivity index (χ0v) is 20.0. The number of fused-ring (bicyclic) bond motifs is 2. The summed E-state index contributed by atoms with van der Waals surface area (Å²) in [5, 5.41) is 9.03. The van der Waals surface area contributed by atoms with Crippen molar-refractivity contribution < 1.29 is 9.59 Å². The first kappa shape index (κ1) is 22.9. The van der Waals surface area contributed by atoms with Crippen molar-refractivity contribution in [3.63, 3.8) is 0 Å². The number of rotatable bonds is 6. The van der Waals surface area contributed by atoms with Gasteiger partial charge in [-0.1, -0.05) is 61.5 Å². The Morgan fingerprint density at radius 1 is 0.914 bits per heavy atom. The minimum absolute atomic E-state index is 0.0425. The first-order valence-electron chi connectivity index (χ1n) is 12.2. The van der Waals surface area contributed by atoms with Crippen molar-refractivity contribution in [3.05, 3.63) is 78.5 Å². The molecule has 3 amide bonds. The number of para-hydroxylation sites is 1. The van der Waals surface area contributed by atoms with Gasteiger partial charge in [-0.25, -0.2) is 4.79 Å². The van der Waals surface area contributed by atoms with Crippen molar-refractivity contribution in [2.75, 3.05) is 38.0 Å². The van der Waals surface area contributed by atoms with Crippen molar-refractivity contribution in [3.8, 4) is 0 Å². The number of carbonyl (C=O) groups excluding carboxylic acids is 2. The van der Waals surface area contributed by atoms with E-state index >= 15 is 0 Å². The van der Waals surface area contributed by atoms with Gasteiger partial charge in [0.1, 0.15) is 6.04 Å². The highest BCUT2D eigenvalue weighted by Gasteiger charge is 2.29. The fraction of sp³-hybridized carbons (Fsp3) is 0.286. The van der Waals surface area contributed by atoms with Crippen LogP contribution in [0.15, 0.2) is 72.9 Å². The number of hydrogen-bond donors (Lipinski definition) is 3. The molecule has 1 saturated heterocycles. The Hall–Kier alpha value is -3.84. The molecule has 0 bridgehead atoms. The van der Waals surface area contributed by atoms with Crippen LogP contribution >= 0.6 is 0 Å². The normalized spacial score (nSPS) is 15.3. The maximum absolute atomic E-state index is 13.6. The van der Waals surface area contributed by atoms with Gasteiger partial charge in [0.15, 0.2) is 0 Å². The smallest absolute Gasteiger partial charge is 0.319 e. The largest absolute Gasteiger partial charge is 0.361 e. The molecule has 1 aliphatic heterocycles. The fourth-order valence-electron chi connectivity index (χ4n) is 4.88. The van der Waals surface area contributed by atoms with Crippen LogP contribution in [-0.2, 0) is 11.2 Å². The third-order valence-electron chi connectivity index (χ3n) is 6.87. The van der Waals surface area contributed by atoms with E-state index < -0.39 is 6.04 Å². The van der Waals surface area contributed by atoms with E-state index in [2.05, 4.69) is 27.4 Å². The third-order valence-corrected chi connectivity index (χ3v) is 6.87. The Kier molecular flexibility index (Phi) is 6.68. The average molecular weight is 470 g/mol. The Bertz CT molecular complexity index is 1330. The lowest BCUT2D eigenvalue weighted by molar-refractivity contribution is -0.134. The molecule has 7 nitrogen and oxygen atoms in total. The summed E-state index contributed by atoms with van der Waals surface area (Å²) < 4.78 is 0. The monoisotopic (exact) mass is 469 g/mol. The summed E-state index contributed by atoms with van der Waals surface area (Å²) in [5.74, 6) is -0.0425. The van der Waals surface area contributed by atoms with Crippen LogP contribution in [0.25, 0.3) is 21.7 Å². The quantitative estimate of drug-likeness (QED) is 0.396. The highest BCUT2D eigenvalue weighted by atomic mass is 16.2. The Balaban J connectivity index is 1.37. The number of amides is 3. The molecule has 3 aromatic carbocycles. The minimum Gasteiger partial charge on any atom is -0.361 e. The molecule has 1 atom stereocenters. The summed E-state index contributed by atoms with van der Waals surface area (Å²) in [6.07, 6.45) is 2.35. The van der Waals surface area contributed by atoms with Crippen LogP contribution in [0.3, 0.4) is 0 Å². The Morgan fingerprint density at radius 3 is 2.43 bits per heavy atom. The number of urea groups is 1. The molecule has 0 aliphatic carbocycles. The topological polar surface area (TPSA) is 80.5 Å². The highest BCUT2D eigenvalue weighted by Crippen LogP contribution is 2.23. The molecule has 4 aromatic rings. The molecule has 0 radical (unpaired) electrons. The van der Waals surface area contributed by atoms with Crippen LogP contribution < -0.4 is 10.6 Å². The number of anilines is 1. The number of carbonyl (C=O) groups is 2. The Labute approximate surface area is 205 Å². The third kappa shape index (κ3) is 5.00. The molecule has 180 valence electrons. The Morgan fingerprint density at radius 2 is 1.63 bits per heavy atom. The summed E-state index contributed by atoms with van der Waals surface area (Å²) in [6.45, 7) is 6.16. The van der Waals surface area contributed by atoms with Crippen molar-refractivity contribution >= 4 is 39.3 Å². The van der Waals surface area contributed by atoms with Crippen molar-refractivity contribution in [2.45, 2.75) is 19.4 Å². The molecule has 5 rings (SSSR count). The maximum Gasteiger partial charge on any atom is 0.319 e. The number of likely N-dealkylation sites (N-methyl/N-ethyl adjacent to an activating group) is 1. The predicted octanol–water partition coefficient (Wildman–Crippen LogP) is 4.22. The van der Waals surface area contributed by atoms with E-state index in [0.717, 1.165) is 52.6 Å². The number of piperazine rings is 1. The number of H-pyrrole nitrogens is 1. The molecular weight excluding hydrogens is 438 g/mol. The molecule has 0 saturated carbocycles. The molecule has 1 aliphatic rings. The van der Waals surface area contributed by atoms with Crippen LogP contribution in [0, 0.1) is 0 Å². The SMILES string of the molecule is CCN1CCN(C(=O)C(Cc2c[nH]c3ccccc23)NC(=O)Nc2cccc3ccccc23)CC1. The second kappa shape index (κ2) is 10.2. The summed E-state index contributed by atoms with van der Waals surface area (Å²) in [5.41, 5.74) is 2.75. The van der Waals surface area contributed by atoms with Crippen LogP contribution in [0.5, 0.6) is 0 Å². The van der Waals surface area contributed by atoms with Crippen molar-refractivity contribution in [1.82, 2.24) is 20.1 Å². The minimum atomic E-state index is -0.669. The lowest BCUT2D eigenvalue weighted by Gasteiger charge is -2.36. The van der Waals surface area contributed by atoms with Crippen LogP contribution in [0.4, 0.5) is 10.5 Å². The van der Waals surface area contributed by atoms with Gasteiger partial charge in [-0.3, -0.25) is 4.79 Å². The molecule has 1 unspecified atom stereocenters. The van der Waals surface area contributed by atoms with E-state index in [0.29, 0.717) is 19.5 Å². The summed E-state index contributed by atoms with van der Waals surface area (Å²) in [4.78, 5) is 34.2. The van der Waals surface area contributed by atoms with Gasteiger partial charge in [0.05, 0.1) is 5.69 Å². The average Bonchev–Trinajstić information content (AvgIpc) is 3.31. The first-order valence-corrected chi connectivity index (χ1v) is 12.2. The van der Waals surface area contributed by atoms with E-state index in [9.17, 15) is 9.59 Å². The second-order valence-corrected chi connectivity index (χ2v) is 9.00. The molecule has 2 heterocycles. The summed E-state index contributed by atoms with van der Waals surface area (Å²) in [6, 6.07) is 20.7. The number of hydrogen-bond acceptors (Lipinski definition) is 3. The van der Waals surface area contributed by atoms with E-state index in [4.69, 9.17) is 0 Å². The van der Waals surface area contributed by atoms with Gasteiger partial charge in [-0.15, -0.1) is 0 Å². The molecule has 7 heteroatoms. The van der Waals surface area contributed by atoms with Gasteiger partial charge in [-0.2, -0.15) is 0 Å². The molecule has 1 fully saturated rings. The fourth-order valence-corrected chi connectivity index (χ4v) is 4.88. The number of aromatic nitrogens is 1. The van der Waals surface area contributed by atoms with Crippen LogP contribution in [0.2, 0.25) is 0 Å².